The Morgan fingerprint density at radius 2 is 2.00 bits per heavy atom. The van der Waals surface area contributed by atoms with E-state index in [-0.39, 0.29) is 5.54 Å². The van der Waals surface area contributed by atoms with Crippen molar-refractivity contribution in [3.63, 3.8) is 0 Å². The molecule has 2 aliphatic rings. The Balaban J connectivity index is 1.83. The number of rotatable bonds is 2. The SMILES string of the molecule is CC1(C)CCCC(N)(Cc2cc(Br)cc3c2OCC3)CC1. The molecule has 0 amide bonds. The molecule has 0 saturated heterocycles. The molecule has 2 nitrogen and oxygen atoms in total. The van der Waals surface area contributed by atoms with E-state index in [0.717, 1.165) is 42.5 Å². The Morgan fingerprint density at radius 3 is 2.81 bits per heavy atom. The van der Waals surface area contributed by atoms with E-state index in [9.17, 15) is 0 Å². The lowest BCUT2D eigenvalue weighted by atomic mass is 9.81. The van der Waals surface area contributed by atoms with Gasteiger partial charge in [-0.15, -0.1) is 0 Å². The first-order chi connectivity index (χ1) is 9.87. The van der Waals surface area contributed by atoms with E-state index >= 15 is 0 Å². The number of ether oxygens (including phenoxy) is 1. The maximum Gasteiger partial charge on any atom is 0.125 e. The quantitative estimate of drug-likeness (QED) is 0.789. The topological polar surface area (TPSA) is 35.2 Å². The second-order valence-electron chi connectivity index (χ2n) is 7.71. The van der Waals surface area contributed by atoms with Gasteiger partial charge in [0.25, 0.3) is 0 Å². The molecule has 1 aliphatic carbocycles. The van der Waals surface area contributed by atoms with Gasteiger partial charge in [0, 0.05) is 16.4 Å². The van der Waals surface area contributed by atoms with E-state index in [1.54, 1.807) is 0 Å². The van der Waals surface area contributed by atoms with Gasteiger partial charge < -0.3 is 10.5 Å². The summed E-state index contributed by atoms with van der Waals surface area (Å²) >= 11 is 3.64. The Labute approximate surface area is 136 Å². The average Bonchev–Trinajstić information content (AvgIpc) is 2.79. The van der Waals surface area contributed by atoms with Crippen molar-refractivity contribution >= 4 is 15.9 Å². The van der Waals surface area contributed by atoms with Gasteiger partial charge in [-0.1, -0.05) is 36.2 Å². The summed E-state index contributed by atoms with van der Waals surface area (Å²) in [6.07, 6.45) is 7.94. The van der Waals surface area contributed by atoms with Crippen LogP contribution < -0.4 is 10.5 Å². The summed E-state index contributed by atoms with van der Waals surface area (Å²) in [6, 6.07) is 4.39. The predicted octanol–water partition coefficient (Wildman–Crippen LogP) is 4.61. The Hall–Kier alpha value is -0.540. The summed E-state index contributed by atoms with van der Waals surface area (Å²) in [4.78, 5) is 0. The zero-order chi connectivity index (χ0) is 15.1. The van der Waals surface area contributed by atoms with Crippen LogP contribution in [0.25, 0.3) is 0 Å². The molecule has 1 atom stereocenters. The van der Waals surface area contributed by atoms with Crippen LogP contribution in [-0.2, 0) is 12.8 Å². The maximum atomic E-state index is 6.79. The van der Waals surface area contributed by atoms with Crippen LogP contribution in [0, 0.1) is 5.41 Å². The molecule has 1 saturated carbocycles. The lowest BCUT2D eigenvalue weighted by Crippen LogP contribution is -2.41. The second-order valence-corrected chi connectivity index (χ2v) is 8.62. The van der Waals surface area contributed by atoms with Crippen molar-refractivity contribution in [3.8, 4) is 5.75 Å². The molecule has 0 bridgehead atoms. The van der Waals surface area contributed by atoms with Gasteiger partial charge in [-0.05, 0) is 60.8 Å². The molecule has 0 aromatic heterocycles. The molecular formula is C18H26BrNO. The summed E-state index contributed by atoms with van der Waals surface area (Å²) < 4.78 is 7.02. The largest absolute Gasteiger partial charge is 0.493 e. The van der Waals surface area contributed by atoms with Crippen LogP contribution >= 0.6 is 15.9 Å². The van der Waals surface area contributed by atoms with E-state index in [1.165, 1.54) is 30.4 Å². The van der Waals surface area contributed by atoms with Crippen molar-refractivity contribution in [2.24, 2.45) is 11.1 Å². The molecule has 21 heavy (non-hydrogen) atoms. The first-order valence-corrected chi connectivity index (χ1v) is 8.89. The zero-order valence-corrected chi connectivity index (χ0v) is 14.8. The zero-order valence-electron chi connectivity index (χ0n) is 13.2. The van der Waals surface area contributed by atoms with Crippen LogP contribution in [0.5, 0.6) is 5.75 Å². The second kappa shape index (κ2) is 5.58. The minimum atomic E-state index is -0.0751. The third-order valence-electron chi connectivity index (χ3n) is 5.20. The molecule has 0 radical (unpaired) electrons. The summed E-state index contributed by atoms with van der Waals surface area (Å²) in [5.74, 6) is 1.10. The summed E-state index contributed by atoms with van der Waals surface area (Å²) in [7, 11) is 0. The highest BCUT2D eigenvalue weighted by Gasteiger charge is 2.34. The predicted molar refractivity (Wildman–Crippen MR) is 90.8 cm³/mol. The fraction of sp³-hybridized carbons (Fsp3) is 0.667. The van der Waals surface area contributed by atoms with E-state index in [2.05, 4.69) is 41.9 Å². The van der Waals surface area contributed by atoms with Crippen LogP contribution in [0.15, 0.2) is 16.6 Å². The molecule has 1 aromatic rings. The van der Waals surface area contributed by atoms with Crippen molar-refractivity contribution in [2.75, 3.05) is 6.61 Å². The highest BCUT2D eigenvalue weighted by molar-refractivity contribution is 9.10. The van der Waals surface area contributed by atoms with Gasteiger partial charge in [-0.2, -0.15) is 0 Å². The molecule has 3 rings (SSSR count). The smallest absolute Gasteiger partial charge is 0.125 e. The van der Waals surface area contributed by atoms with E-state index in [0.29, 0.717) is 5.41 Å². The first-order valence-electron chi connectivity index (χ1n) is 8.10. The highest BCUT2D eigenvalue weighted by Crippen LogP contribution is 2.41. The van der Waals surface area contributed by atoms with Gasteiger partial charge in [0.1, 0.15) is 5.75 Å². The van der Waals surface area contributed by atoms with Gasteiger partial charge in [-0.25, -0.2) is 0 Å². The summed E-state index contributed by atoms with van der Waals surface area (Å²) in [5, 5.41) is 0. The Morgan fingerprint density at radius 1 is 1.19 bits per heavy atom. The number of hydrogen-bond donors (Lipinski definition) is 1. The molecular weight excluding hydrogens is 326 g/mol. The monoisotopic (exact) mass is 351 g/mol. The molecule has 116 valence electrons. The van der Waals surface area contributed by atoms with Gasteiger partial charge in [0.15, 0.2) is 0 Å². The van der Waals surface area contributed by atoms with Crippen LogP contribution in [0.1, 0.15) is 57.1 Å². The number of hydrogen-bond acceptors (Lipinski definition) is 2. The number of fused-ring (bicyclic) bond motifs is 1. The average molecular weight is 352 g/mol. The van der Waals surface area contributed by atoms with Crippen molar-refractivity contribution < 1.29 is 4.74 Å². The van der Waals surface area contributed by atoms with Crippen LogP contribution in [0.4, 0.5) is 0 Å². The molecule has 0 spiro atoms. The van der Waals surface area contributed by atoms with Crippen LogP contribution in [-0.4, -0.2) is 12.1 Å². The fourth-order valence-corrected chi connectivity index (χ4v) is 4.34. The maximum absolute atomic E-state index is 6.79. The Bertz CT molecular complexity index is 540. The van der Waals surface area contributed by atoms with Crippen molar-refractivity contribution in [2.45, 2.75) is 64.3 Å². The number of halogens is 1. The first kappa shape index (κ1) is 15.4. The van der Waals surface area contributed by atoms with Gasteiger partial charge in [0.2, 0.25) is 0 Å². The number of benzene rings is 1. The van der Waals surface area contributed by atoms with Gasteiger partial charge in [-0.3, -0.25) is 0 Å². The van der Waals surface area contributed by atoms with Crippen LogP contribution in [0.2, 0.25) is 0 Å². The molecule has 1 fully saturated rings. The molecule has 3 heteroatoms. The molecule has 1 aliphatic heterocycles. The summed E-state index contributed by atoms with van der Waals surface area (Å²) in [6.45, 7) is 5.56. The van der Waals surface area contributed by atoms with Crippen molar-refractivity contribution in [1.82, 2.24) is 0 Å². The third-order valence-corrected chi connectivity index (χ3v) is 5.65. The lowest BCUT2D eigenvalue weighted by molar-refractivity contribution is 0.295. The fourth-order valence-electron chi connectivity index (χ4n) is 3.79. The van der Waals surface area contributed by atoms with Crippen molar-refractivity contribution in [1.29, 1.82) is 0 Å². The van der Waals surface area contributed by atoms with E-state index in [1.807, 2.05) is 0 Å². The minimum absolute atomic E-state index is 0.0751. The van der Waals surface area contributed by atoms with E-state index in [4.69, 9.17) is 10.5 Å². The highest BCUT2D eigenvalue weighted by atomic mass is 79.9. The standard InChI is InChI=1S/C18H26BrNO/c1-17(2)5-3-6-18(20,8-7-17)12-14-11-15(19)10-13-4-9-21-16(13)14/h10-11H,3-9,12,20H2,1-2H3. The minimum Gasteiger partial charge on any atom is -0.493 e. The molecule has 1 aromatic carbocycles. The molecule has 1 unspecified atom stereocenters. The van der Waals surface area contributed by atoms with Crippen LogP contribution in [0.3, 0.4) is 0 Å². The molecule has 2 N–H and O–H groups in total. The normalized spacial score (nSPS) is 27.8. The van der Waals surface area contributed by atoms with Gasteiger partial charge >= 0.3 is 0 Å². The Kier molecular flexibility index (Phi) is 4.08. The third kappa shape index (κ3) is 3.45. The lowest BCUT2D eigenvalue weighted by Gasteiger charge is -2.30. The number of nitrogens with two attached hydrogens (primary N) is 1. The van der Waals surface area contributed by atoms with Crippen molar-refractivity contribution in [3.05, 3.63) is 27.7 Å². The van der Waals surface area contributed by atoms with E-state index < -0.39 is 0 Å². The summed E-state index contributed by atoms with van der Waals surface area (Å²) in [5.41, 5.74) is 9.77. The van der Waals surface area contributed by atoms with Gasteiger partial charge in [0.05, 0.1) is 6.61 Å². The molecule has 1 heterocycles.